The molecule has 138 valence electrons. The lowest BCUT2D eigenvalue weighted by Gasteiger charge is -2.35. The number of hydrogen-bond donors (Lipinski definition) is 0. The maximum Gasteiger partial charge on any atom is 0.256 e. The van der Waals surface area contributed by atoms with Crippen LogP contribution in [0.1, 0.15) is 10.4 Å². The van der Waals surface area contributed by atoms with Crippen LogP contribution < -0.4 is 4.90 Å². The van der Waals surface area contributed by atoms with Gasteiger partial charge in [-0.2, -0.15) is 5.10 Å². The van der Waals surface area contributed by atoms with Gasteiger partial charge < -0.3 is 9.80 Å². The number of aromatic nitrogens is 4. The molecule has 1 saturated heterocycles. The summed E-state index contributed by atoms with van der Waals surface area (Å²) in [7, 11) is 0. The van der Waals surface area contributed by atoms with Gasteiger partial charge in [0.15, 0.2) is 11.6 Å². The highest BCUT2D eigenvalue weighted by atomic mass is 19.1. The van der Waals surface area contributed by atoms with E-state index in [1.165, 1.54) is 6.07 Å². The first-order valence-electron chi connectivity index (χ1n) is 8.45. The predicted octanol–water partition coefficient (Wildman–Crippen LogP) is 1.90. The standard InChI is InChI=1S/C18H16F2N6O/c19-13-2-3-14(15(20)12-13)18(27)25-10-8-24(9-11-25)16-4-5-17(23-22-16)26-7-1-6-21-26/h1-7,12H,8-11H2. The molecular weight excluding hydrogens is 354 g/mol. The number of piperazine rings is 1. The number of amides is 1. The van der Waals surface area contributed by atoms with Crippen LogP contribution in [0.2, 0.25) is 0 Å². The Bertz CT molecular complexity index is 937. The molecule has 9 heteroatoms. The van der Waals surface area contributed by atoms with Crippen molar-refractivity contribution < 1.29 is 13.6 Å². The molecule has 0 unspecified atom stereocenters. The number of benzene rings is 1. The Morgan fingerprint density at radius 1 is 0.963 bits per heavy atom. The van der Waals surface area contributed by atoms with Crippen molar-refractivity contribution in [2.75, 3.05) is 31.1 Å². The Hall–Kier alpha value is -3.36. The fourth-order valence-corrected chi connectivity index (χ4v) is 2.99. The minimum absolute atomic E-state index is 0.117. The molecule has 0 aliphatic carbocycles. The van der Waals surface area contributed by atoms with E-state index >= 15 is 0 Å². The maximum atomic E-state index is 13.8. The molecule has 4 rings (SSSR count). The monoisotopic (exact) mass is 370 g/mol. The fourth-order valence-electron chi connectivity index (χ4n) is 2.99. The number of halogens is 2. The normalized spacial score (nSPS) is 14.4. The van der Waals surface area contributed by atoms with Gasteiger partial charge in [-0.1, -0.05) is 0 Å². The van der Waals surface area contributed by atoms with E-state index in [4.69, 9.17) is 0 Å². The topological polar surface area (TPSA) is 67.2 Å². The van der Waals surface area contributed by atoms with Crippen molar-refractivity contribution in [3.63, 3.8) is 0 Å². The largest absolute Gasteiger partial charge is 0.352 e. The van der Waals surface area contributed by atoms with E-state index in [9.17, 15) is 13.6 Å². The molecule has 1 aliphatic heterocycles. The first kappa shape index (κ1) is 17.1. The first-order valence-corrected chi connectivity index (χ1v) is 8.45. The van der Waals surface area contributed by atoms with Gasteiger partial charge in [-0.3, -0.25) is 4.79 Å². The minimum Gasteiger partial charge on any atom is -0.352 e. The highest BCUT2D eigenvalue weighted by molar-refractivity contribution is 5.94. The molecule has 1 fully saturated rings. The lowest BCUT2D eigenvalue weighted by atomic mass is 10.1. The van der Waals surface area contributed by atoms with Crippen LogP contribution in [0.5, 0.6) is 0 Å². The minimum atomic E-state index is -0.845. The third kappa shape index (κ3) is 3.48. The summed E-state index contributed by atoms with van der Waals surface area (Å²) < 4.78 is 28.5. The lowest BCUT2D eigenvalue weighted by Crippen LogP contribution is -2.49. The molecule has 3 heterocycles. The molecular formula is C18H16F2N6O. The number of hydrogen-bond acceptors (Lipinski definition) is 5. The van der Waals surface area contributed by atoms with Crippen LogP contribution in [0, 0.1) is 11.6 Å². The van der Waals surface area contributed by atoms with Crippen molar-refractivity contribution in [3.8, 4) is 5.82 Å². The van der Waals surface area contributed by atoms with Crippen LogP contribution in [-0.2, 0) is 0 Å². The second-order valence-electron chi connectivity index (χ2n) is 6.10. The Kier molecular flexibility index (Phi) is 4.49. The SMILES string of the molecule is O=C(c1ccc(F)cc1F)N1CCN(c2ccc(-n3cccn3)nn2)CC1. The summed E-state index contributed by atoms with van der Waals surface area (Å²) >= 11 is 0. The molecule has 2 aromatic heterocycles. The number of carbonyl (C=O) groups excluding carboxylic acids is 1. The van der Waals surface area contributed by atoms with Gasteiger partial charge in [0.1, 0.15) is 11.6 Å². The second-order valence-corrected chi connectivity index (χ2v) is 6.10. The second kappa shape index (κ2) is 7.10. The third-order valence-electron chi connectivity index (χ3n) is 4.43. The highest BCUT2D eigenvalue weighted by Gasteiger charge is 2.25. The summed E-state index contributed by atoms with van der Waals surface area (Å²) in [5.41, 5.74) is -0.117. The van der Waals surface area contributed by atoms with Crippen LogP contribution in [0.4, 0.5) is 14.6 Å². The Morgan fingerprint density at radius 2 is 1.70 bits per heavy atom. The zero-order valence-corrected chi connectivity index (χ0v) is 14.3. The lowest BCUT2D eigenvalue weighted by molar-refractivity contribution is 0.0741. The first-order chi connectivity index (χ1) is 13.1. The smallest absolute Gasteiger partial charge is 0.256 e. The quantitative estimate of drug-likeness (QED) is 0.705. The Balaban J connectivity index is 1.40. The summed E-state index contributed by atoms with van der Waals surface area (Å²) in [6.45, 7) is 1.92. The maximum absolute atomic E-state index is 13.8. The number of rotatable bonds is 3. The number of carbonyl (C=O) groups is 1. The summed E-state index contributed by atoms with van der Waals surface area (Å²) in [5, 5.41) is 12.5. The average Bonchev–Trinajstić information content (AvgIpc) is 3.23. The molecule has 0 spiro atoms. The van der Waals surface area contributed by atoms with Crippen molar-refractivity contribution in [2.24, 2.45) is 0 Å². The molecule has 0 N–H and O–H groups in total. The predicted molar refractivity (Wildman–Crippen MR) is 93.6 cm³/mol. The molecule has 1 aliphatic rings. The van der Waals surface area contributed by atoms with Gasteiger partial charge in [-0.25, -0.2) is 13.5 Å². The Morgan fingerprint density at radius 3 is 2.33 bits per heavy atom. The van der Waals surface area contributed by atoms with E-state index in [0.717, 1.165) is 12.1 Å². The summed E-state index contributed by atoms with van der Waals surface area (Å²) in [5.74, 6) is -0.670. The van der Waals surface area contributed by atoms with E-state index in [1.54, 1.807) is 28.0 Å². The zero-order chi connectivity index (χ0) is 18.8. The van der Waals surface area contributed by atoms with Crippen LogP contribution in [0.15, 0.2) is 48.8 Å². The van der Waals surface area contributed by atoms with Crippen molar-refractivity contribution in [2.45, 2.75) is 0 Å². The molecule has 0 atom stereocenters. The van der Waals surface area contributed by atoms with Gasteiger partial charge >= 0.3 is 0 Å². The van der Waals surface area contributed by atoms with Gasteiger partial charge in [-0.15, -0.1) is 10.2 Å². The Labute approximate surface area is 153 Å². The van der Waals surface area contributed by atoms with Crippen molar-refractivity contribution in [3.05, 3.63) is 66.0 Å². The molecule has 1 amide bonds. The average molecular weight is 370 g/mol. The van der Waals surface area contributed by atoms with Crippen LogP contribution >= 0.6 is 0 Å². The van der Waals surface area contributed by atoms with Gasteiger partial charge in [0.25, 0.3) is 5.91 Å². The number of nitrogens with zero attached hydrogens (tertiary/aromatic N) is 6. The van der Waals surface area contributed by atoms with E-state index in [-0.39, 0.29) is 5.56 Å². The van der Waals surface area contributed by atoms with Crippen LogP contribution in [0.3, 0.4) is 0 Å². The molecule has 0 saturated carbocycles. The molecule has 27 heavy (non-hydrogen) atoms. The highest BCUT2D eigenvalue weighted by Crippen LogP contribution is 2.17. The van der Waals surface area contributed by atoms with Crippen LogP contribution in [-0.4, -0.2) is 57.0 Å². The fraction of sp³-hybridized carbons (Fsp3) is 0.222. The van der Waals surface area contributed by atoms with E-state index in [2.05, 4.69) is 15.3 Å². The van der Waals surface area contributed by atoms with Crippen LogP contribution in [0.25, 0.3) is 5.82 Å². The third-order valence-corrected chi connectivity index (χ3v) is 4.43. The van der Waals surface area contributed by atoms with Crippen molar-refractivity contribution in [1.29, 1.82) is 0 Å². The molecule has 3 aromatic rings. The van der Waals surface area contributed by atoms with Crippen molar-refractivity contribution in [1.82, 2.24) is 24.9 Å². The number of anilines is 1. The molecule has 0 bridgehead atoms. The zero-order valence-electron chi connectivity index (χ0n) is 14.3. The van der Waals surface area contributed by atoms with Gasteiger partial charge in [-0.05, 0) is 30.3 Å². The summed E-state index contributed by atoms with van der Waals surface area (Å²) in [4.78, 5) is 16.0. The van der Waals surface area contributed by atoms with Gasteiger partial charge in [0, 0.05) is 44.6 Å². The van der Waals surface area contributed by atoms with E-state index in [0.29, 0.717) is 37.8 Å². The van der Waals surface area contributed by atoms with Gasteiger partial charge in [0.05, 0.1) is 5.56 Å². The molecule has 0 radical (unpaired) electrons. The summed E-state index contributed by atoms with van der Waals surface area (Å²) in [6, 6.07) is 8.46. The molecule has 7 nitrogen and oxygen atoms in total. The van der Waals surface area contributed by atoms with Crippen molar-refractivity contribution >= 4 is 11.7 Å². The summed E-state index contributed by atoms with van der Waals surface area (Å²) in [6.07, 6.45) is 3.44. The van der Waals surface area contributed by atoms with E-state index in [1.807, 2.05) is 17.0 Å². The molecule has 1 aromatic carbocycles. The van der Waals surface area contributed by atoms with E-state index < -0.39 is 17.5 Å². The van der Waals surface area contributed by atoms with Gasteiger partial charge in [0.2, 0.25) is 0 Å².